The summed E-state index contributed by atoms with van der Waals surface area (Å²) >= 11 is 0. The average molecular weight is 456 g/mol. The minimum atomic E-state index is 0.317. The molecule has 2 fully saturated rings. The van der Waals surface area contributed by atoms with Gasteiger partial charge in [-0.25, -0.2) is 4.98 Å². The first-order valence-corrected chi connectivity index (χ1v) is 11.8. The Morgan fingerprint density at radius 2 is 2.15 bits per heavy atom. The van der Waals surface area contributed by atoms with Crippen LogP contribution in [0.1, 0.15) is 44.6 Å². The Hall–Kier alpha value is -3.77. The summed E-state index contributed by atoms with van der Waals surface area (Å²) in [7, 11) is 0. The van der Waals surface area contributed by atoms with Gasteiger partial charge >= 0.3 is 0 Å². The van der Waals surface area contributed by atoms with E-state index in [1.54, 1.807) is 12.4 Å². The van der Waals surface area contributed by atoms with Gasteiger partial charge in [-0.3, -0.25) is 20.0 Å². The van der Waals surface area contributed by atoms with Gasteiger partial charge < -0.3 is 10.6 Å². The van der Waals surface area contributed by atoms with Crippen molar-refractivity contribution in [2.24, 2.45) is 4.99 Å². The zero-order chi connectivity index (χ0) is 23.5. The molecule has 34 heavy (non-hydrogen) atoms. The predicted molar refractivity (Wildman–Crippen MR) is 136 cm³/mol. The number of nitriles is 1. The Labute approximate surface area is 199 Å². The molecule has 0 saturated carbocycles. The number of pyridine rings is 2. The summed E-state index contributed by atoms with van der Waals surface area (Å²) in [5.74, 6) is 2.13. The lowest BCUT2D eigenvalue weighted by atomic mass is 9.96. The van der Waals surface area contributed by atoms with Crippen LogP contribution in [-0.4, -0.2) is 56.5 Å². The number of anilines is 3. The topological polar surface area (TPSA) is 118 Å². The molecule has 5 heterocycles. The standard InChI is InChI=1S/C25H29N9/c1-3-5-19-21(27-2)14-23(31-25-20-8-10-28-15-22(20)32-33-25)30-24(19)29-16-12-17-6-7-18(13-16)34(17)11-4-9-26/h3,5,8,10,14-18H,2,4,6-7,11-13H2,1H3,(H3,29,30,31,32,33)/b5-3-/t16-,17-,18+. The number of aromatic amines is 1. The zero-order valence-corrected chi connectivity index (χ0v) is 19.3. The molecule has 3 aromatic heterocycles. The molecule has 0 spiro atoms. The number of nitrogens with zero attached hydrogens (tertiary/aromatic N) is 6. The smallest absolute Gasteiger partial charge is 0.161 e. The van der Waals surface area contributed by atoms with Crippen molar-refractivity contribution in [3.8, 4) is 6.07 Å². The van der Waals surface area contributed by atoms with Gasteiger partial charge in [0, 0.05) is 54.3 Å². The molecule has 3 N–H and O–H groups in total. The van der Waals surface area contributed by atoms with Crippen LogP contribution in [0.15, 0.2) is 35.6 Å². The monoisotopic (exact) mass is 455 g/mol. The molecule has 2 saturated heterocycles. The van der Waals surface area contributed by atoms with E-state index in [9.17, 15) is 0 Å². The lowest BCUT2D eigenvalue weighted by Gasteiger charge is -2.39. The highest BCUT2D eigenvalue weighted by molar-refractivity contribution is 5.91. The fourth-order valence-corrected chi connectivity index (χ4v) is 5.39. The third-order valence-electron chi connectivity index (χ3n) is 6.86. The van der Waals surface area contributed by atoms with Crippen molar-refractivity contribution in [1.82, 2.24) is 25.1 Å². The summed E-state index contributed by atoms with van der Waals surface area (Å²) in [6.45, 7) is 6.65. The largest absolute Gasteiger partial charge is 0.367 e. The van der Waals surface area contributed by atoms with Crippen molar-refractivity contribution in [2.45, 2.75) is 57.2 Å². The van der Waals surface area contributed by atoms with E-state index in [1.807, 2.05) is 31.2 Å². The van der Waals surface area contributed by atoms with Crippen LogP contribution >= 0.6 is 0 Å². The van der Waals surface area contributed by atoms with Crippen LogP contribution in [0.3, 0.4) is 0 Å². The molecule has 174 valence electrons. The molecule has 5 rings (SSSR count). The number of hydrogen-bond acceptors (Lipinski definition) is 8. The second-order valence-electron chi connectivity index (χ2n) is 8.91. The van der Waals surface area contributed by atoms with Crippen LogP contribution < -0.4 is 10.6 Å². The minimum absolute atomic E-state index is 0.317. The molecule has 3 aromatic rings. The van der Waals surface area contributed by atoms with E-state index in [4.69, 9.17) is 10.2 Å². The maximum atomic E-state index is 9.01. The maximum absolute atomic E-state index is 9.01. The van der Waals surface area contributed by atoms with Gasteiger partial charge in [0.25, 0.3) is 0 Å². The lowest BCUT2D eigenvalue weighted by Crippen LogP contribution is -2.47. The number of aliphatic imine (C=N–C) groups is 1. The van der Waals surface area contributed by atoms with Crippen molar-refractivity contribution in [3.63, 3.8) is 0 Å². The molecule has 9 nitrogen and oxygen atoms in total. The molecule has 3 atom stereocenters. The summed E-state index contributed by atoms with van der Waals surface area (Å²) in [4.78, 5) is 15.9. The predicted octanol–water partition coefficient (Wildman–Crippen LogP) is 4.78. The van der Waals surface area contributed by atoms with Crippen LogP contribution in [0.5, 0.6) is 0 Å². The van der Waals surface area contributed by atoms with Crippen LogP contribution in [-0.2, 0) is 0 Å². The molecule has 0 aliphatic carbocycles. The van der Waals surface area contributed by atoms with Crippen LogP contribution in [0.2, 0.25) is 0 Å². The van der Waals surface area contributed by atoms with Gasteiger partial charge in [-0.15, -0.1) is 0 Å². The van der Waals surface area contributed by atoms with Gasteiger partial charge in [-0.05, 0) is 45.4 Å². The number of nitrogens with one attached hydrogen (secondary N) is 3. The van der Waals surface area contributed by atoms with E-state index < -0.39 is 0 Å². The second kappa shape index (κ2) is 9.61. The molecule has 0 radical (unpaired) electrons. The van der Waals surface area contributed by atoms with Crippen LogP contribution in [0, 0.1) is 11.3 Å². The number of piperidine rings is 1. The van der Waals surface area contributed by atoms with Gasteiger partial charge in [0.05, 0.1) is 23.5 Å². The summed E-state index contributed by atoms with van der Waals surface area (Å²) in [6.07, 6.45) is 12.6. The van der Waals surface area contributed by atoms with E-state index in [2.05, 4.69) is 48.5 Å². The first-order valence-electron chi connectivity index (χ1n) is 11.8. The molecule has 0 unspecified atom stereocenters. The summed E-state index contributed by atoms with van der Waals surface area (Å²) in [6, 6.07) is 7.47. The van der Waals surface area contributed by atoms with E-state index in [-0.39, 0.29) is 0 Å². The lowest BCUT2D eigenvalue weighted by molar-refractivity contribution is 0.135. The van der Waals surface area contributed by atoms with E-state index >= 15 is 0 Å². The van der Waals surface area contributed by atoms with Crippen LogP contribution in [0.4, 0.5) is 23.1 Å². The third-order valence-corrected chi connectivity index (χ3v) is 6.86. The summed E-state index contributed by atoms with van der Waals surface area (Å²) < 4.78 is 0. The highest BCUT2D eigenvalue weighted by Crippen LogP contribution is 2.38. The Balaban J connectivity index is 1.42. The Morgan fingerprint density at radius 3 is 2.88 bits per heavy atom. The molecule has 2 aliphatic rings. The first kappa shape index (κ1) is 22.0. The van der Waals surface area contributed by atoms with Gasteiger partial charge in [-0.2, -0.15) is 10.4 Å². The number of aromatic nitrogens is 4. The number of rotatable bonds is 8. The highest BCUT2D eigenvalue weighted by Gasteiger charge is 2.40. The molecule has 0 aromatic carbocycles. The van der Waals surface area contributed by atoms with E-state index in [0.717, 1.165) is 47.4 Å². The summed E-state index contributed by atoms with van der Waals surface area (Å²) in [5.41, 5.74) is 2.54. The third kappa shape index (κ3) is 4.24. The summed E-state index contributed by atoms with van der Waals surface area (Å²) in [5, 5.41) is 24.4. The van der Waals surface area contributed by atoms with E-state index in [0.29, 0.717) is 36.2 Å². The average Bonchev–Trinajstić information content (AvgIpc) is 3.36. The fourth-order valence-electron chi connectivity index (χ4n) is 5.39. The first-order chi connectivity index (χ1) is 16.7. The van der Waals surface area contributed by atoms with Gasteiger partial charge in [-0.1, -0.05) is 12.2 Å². The van der Waals surface area contributed by atoms with Crippen molar-refractivity contribution < 1.29 is 0 Å². The molecular weight excluding hydrogens is 426 g/mol. The van der Waals surface area contributed by atoms with Crippen LogP contribution in [0.25, 0.3) is 17.0 Å². The number of fused-ring (bicyclic) bond motifs is 3. The quantitative estimate of drug-likeness (QED) is 0.418. The van der Waals surface area contributed by atoms with Gasteiger partial charge in [0.15, 0.2) is 5.82 Å². The van der Waals surface area contributed by atoms with Crippen molar-refractivity contribution >= 4 is 46.8 Å². The molecular formula is C25H29N9. The van der Waals surface area contributed by atoms with Crippen molar-refractivity contribution in [1.29, 1.82) is 5.26 Å². The Morgan fingerprint density at radius 1 is 1.32 bits per heavy atom. The van der Waals surface area contributed by atoms with Gasteiger partial charge in [0.2, 0.25) is 0 Å². The van der Waals surface area contributed by atoms with Crippen molar-refractivity contribution in [2.75, 3.05) is 17.2 Å². The van der Waals surface area contributed by atoms with Crippen molar-refractivity contribution in [3.05, 3.63) is 36.2 Å². The van der Waals surface area contributed by atoms with Gasteiger partial charge in [0.1, 0.15) is 11.6 Å². The normalized spacial score (nSPS) is 22.2. The Kier molecular flexibility index (Phi) is 6.23. The van der Waals surface area contributed by atoms with E-state index in [1.165, 1.54) is 12.8 Å². The number of allylic oxidation sites excluding steroid dienone is 1. The molecule has 9 heteroatoms. The number of H-pyrrole nitrogens is 1. The molecule has 2 aliphatic heterocycles. The fraction of sp³-hybridized carbons (Fsp3) is 0.400. The Bertz CT molecular complexity index is 1240. The number of hydrogen-bond donors (Lipinski definition) is 3. The second-order valence-corrected chi connectivity index (χ2v) is 8.91. The molecule has 2 bridgehead atoms. The SMILES string of the molecule is C=Nc1cc(Nc2n[nH]c3cnccc23)nc(N[C@@H]2C[C@H]3CC[C@@H](C2)N3CCC#N)c1/C=C\C. The zero-order valence-electron chi connectivity index (χ0n) is 19.3. The minimum Gasteiger partial charge on any atom is -0.367 e. The highest BCUT2D eigenvalue weighted by atomic mass is 15.2. The molecule has 0 amide bonds. The maximum Gasteiger partial charge on any atom is 0.161 e.